The summed E-state index contributed by atoms with van der Waals surface area (Å²) in [5.74, 6) is -0.556. The van der Waals surface area contributed by atoms with Gasteiger partial charge < -0.3 is 9.47 Å². The molecule has 1 saturated heterocycles. The number of carbonyl (C=O) groups is 1. The van der Waals surface area contributed by atoms with Crippen molar-refractivity contribution in [2.75, 3.05) is 26.3 Å². The normalized spacial score (nSPS) is 15.6. The first kappa shape index (κ1) is 19.7. The van der Waals surface area contributed by atoms with E-state index in [-0.39, 0.29) is 22.9 Å². The van der Waals surface area contributed by atoms with Crippen LogP contribution < -0.4 is 4.87 Å². The van der Waals surface area contributed by atoms with Gasteiger partial charge in [0.25, 0.3) is 0 Å². The van der Waals surface area contributed by atoms with Gasteiger partial charge in [-0.15, -0.1) is 0 Å². The molecule has 1 aliphatic rings. The molecule has 2 heterocycles. The molecule has 1 aromatic heterocycles. The first-order valence-electron chi connectivity index (χ1n) is 8.35. The van der Waals surface area contributed by atoms with Crippen molar-refractivity contribution in [1.29, 1.82) is 0 Å². The van der Waals surface area contributed by atoms with Gasteiger partial charge in [-0.1, -0.05) is 23.5 Å². The van der Waals surface area contributed by atoms with Gasteiger partial charge in [0.15, 0.2) is 0 Å². The lowest BCUT2D eigenvalue weighted by atomic mass is 10.2. The van der Waals surface area contributed by atoms with Crippen LogP contribution in [0.4, 0.5) is 0 Å². The summed E-state index contributed by atoms with van der Waals surface area (Å²) in [5, 5.41) is 1.68. The third-order valence-electron chi connectivity index (χ3n) is 4.17. The lowest BCUT2D eigenvalue weighted by molar-refractivity contribution is -0.145. The molecule has 8 nitrogen and oxygen atoms in total. The molecular weight excluding hydrogens is 392 g/mol. The predicted molar refractivity (Wildman–Crippen MR) is 99.1 cm³/mol. The largest absolute Gasteiger partial charge is 0.459 e. The zero-order valence-corrected chi connectivity index (χ0v) is 16.4. The summed E-state index contributed by atoms with van der Waals surface area (Å²) < 4.78 is 38.5. The molecule has 1 fully saturated rings. The standard InChI is InChI=1S/C17H20N2O6S2/c1-13-12-26-17(21)19(13)10-16(20)25-11-14-3-2-4-15(9-14)27(22,23)18-5-7-24-8-6-18/h2-4,9,12H,5-8,10-11H2,1H3. The molecule has 1 aliphatic heterocycles. The molecule has 0 atom stereocenters. The number of morpholine rings is 1. The average Bonchev–Trinajstić information content (AvgIpc) is 2.99. The van der Waals surface area contributed by atoms with Crippen molar-refractivity contribution in [2.24, 2.45) is 0 Å². The Labute approximate surface area is 161 Å². The Morgan fingerprint density at radius 1 is 1.30 bits per heavy atom. The van der Waals surface area contributed by atoms with E-state index < -0.39 is 16.0 Å². The fraction of sp³-hybridized carbons (Fsp3) is 0.412. The van der Waals surface area contributed by atoms with Crippen molar-refractivity contribution in [3.05, 3.63) is 50.6 Å². The molecule has 0 amide bonds. The minimum Gasteiger partial charge on any atom is -0.459 e. The highest BCUT2D eigenvalue weighted by Gasteiger charge is 2.26. The van der Waals surface area contributed by atoms with E-state index in [9.17, 15) is 18.0 Å². The minimum atomic E-state index is -3.61. The molecule has 27 heavy (non-hydrogen) atoms. The van der Waals surface area contributed by atoms with Crippen molar-refractivity contribution >= 4 is 27.3 Å². The topological polar surface area (TPSA) is 94.9 Å². The highest BCUT2D eigenvalue weighted by molar-refractivity contribution is 7.89. The highest BCUT2D eigenvalue weighted by atomic mass is 32.2. The second-order valence-corrected chi connectivity index (χ2v) is 8.81. The van der Waals surface area contributed by atoms with Crippen LogP contribution in [0.15, 0.2) is 39.3 Å². The quantitative estimate of drug-likeness (QED) is 0.657. The van der Waals surface area contributed by atoms with Gasteiger partial charge in [-0.3, -0.25) is 14.2 Å². The summed E-state index contributed by atoms with van der Waals surface area (Å²) in [6.45, 7) is 2.89. The number of aromatic nitrogens is 1. The van der Waals surface area contributed by atoms with Crippen LogP contribution in [0.5, 0.6) is 0 Å². The van der Waals surface area contributed by atoms with Gasteiger partial charge in [0.05, 0.1) is 18.1 Å². The third kappa shape index (κ3) is 4.64. The van der Waals surface area contributed by atoms with E-state index in [1.807, 2.05) is 0 Å². The van der Waals surface area contributed by atoms with Crippen LogP contribution in [0, 0.1) is 6.92 Å². The molecule has 0 aliphatic carbocycles. The molecule has 0 spiro atoms. The van der Waals surface area contributed by atoms with Crippen LogP contribution in [0.2, 0.25) is 0 Å². The van der Waals surface area contributed by atoms with Crippen LogP contribution in [0.1, 0.15) is 11.3 Å². The van der Waals surface area contributed by atoms with Gasteiger partial charge in [0.1, 0.15) is 13.2 Å². The maximum atomic E-state index is 12.7. The fourth-order valence-corrected chi connectivity index (χ4v) is 4.88. The Kier molecular flexibility index (Phi) is 6.10. The molecule has 1 aromatic carbocycles. The molecule has 0 bridgehead atoms. The van der Waals surface area contributed by atoms with E-state index in [0.717, 1.165) is 11.3 Å². The van der Waals surface area contributed by atoms with Crippen LogP contribution in [0.3, 0.4) is 0 Å². The molecule has 2 aromatic rings. The van der Waals surface area contributed by atoms with E-state index in [0.29, 0.717) is 37.6 Å². The third-order valence-corrected chi connectivity index (χ3v) is 6.95. The predicted octanol–water partition coefficient (Wildman–Crippen LogP) is 0.983. The lowest BCUT2D eigenvalue weighted by Gasteiger charge is -2.26. The Hall–Kier alpha value is -2.01. The Bertz CT molecular complexity index is 973. The molecule has 146 valence electrons. The molecule has 10 heteroatoms. The SMILES string of the molecule is Cc1csc(=O)n1CC(=O)OCc1cccc(S(=O)(=O)N2CCOCC2)c1. The molecule has 3 rings (SSSR count). The van der Waals surface area contributed by atoms with E-state index in [4.69, 9.17) is 9.47 Å². The molecule has 0 unspecified atom stereocenters. The van der Waals surface area contributed by atoms with Gasteiger partial charge in [-0.25, -0.2) is 8.42 Å². The maximum Gasteiger partial charge on any atom is 0.326 e. The summed E-state index contributed by atoms with van der Waals surface area (Å²) in [6.07, 6.45) is 0. The van der Waals surface area contributed by atoms with Crippen molar-refractivity contribution < 1.29 is 22.7 Å². The van der Waals surface area contributed by atoms with Crippen LogP contribution >= 0.6 is 11.3 Å². The Morgan fingerprint density at radius 3 is 2.70 bits per heavy atom. The van der Waals surface area contributed by atoms with E-state index in [1.54, 1.807) is 24.4 Å². The fourth-order valence-electron chi connectivity index (χ4n) is 2.67. The van der Waals surface area contributed by atoms with Gasteiger partial charge in [-0.05, 0) is 24.6 Å². The summed E-state index contributed by atoms with van der Waals surface area (Å²) in [4.78, 5) is 23.6. The Morgan fingerprint density at radius 2 is 2.04 bits per heavy atom. The number of ether oxygens (including phenoxy) is 2. The highest BCUT2D eigenvalue weighted by Crippen LogP contribution is 2.18. The monoisotopic (exact) mass is 412 g/mol. The van der Waals surface area contributed by atoms with Gasteiger partial charge in [0.2, 0.25) is 10.0 Å². The maximum absolute atomic E-state index is 12.7. The summed E-state index contributed by atoms with van der Waals surface area (Å²) >= 11 is 1.03. The number of hydrogen-bond acceptors (Lipinski definition) is 7. The summed E-state index contributed by atoms with van der Waals surface area (Å²) in [7, 11) is -3.61. The van der Waals surface area contributed by atoms with Gasteiger partial charge in [-0.2, -0.15) is 4.31 Å². The molecule has 0 saturated carbocycles. The number of benzene rings is 1. The number of sulfonamides is 1. The zero-order valence-electron chi connectivity index (χ0n) is 14.8. The second kappa shape index (κ2) is 8.34. The van der Waals surface area contributed by atoms with Crippen molar-refractivity contribution in [2.45, 2.75) is 25.0 Å². The smallest absolute Gasteiger partial charge is 0.326 e. The lowest BCUT2D eigenvalue weighted by Crippen LogP contribution is -2.40. The zero-order chi connectivity index (χ0) is 19.4. The van der Waals surface area contributed by atoms with Crippen molar-refractivity contribution in [3.63, 3.8) is 0 Å². The number of rotatable bonds is 6. The van der Waals surface area contributed by atoms with E-state index >= 15 is 0 Å². The number of thiazole rings is 1. The van der Waals surface area contributed by atoms with E-state index in [2.05, 4.69) is 0 Å². The molecule has 0 N–H and O–H groups in total. The van der Waals surface area contributed by atoms with Gasteiger partial charge >= 0.3 is 10.8 Å². The van der Waals surface area contributed by atoms with E-state index in [1.165, 1.54) is 21.0 Å². The first-order chi connectivity index (χ1) is 12.9. The van der Waals surface area contributed by atoms with Gasteiger partial charge in [0, 0.05) is 24.2 Å². The van der Waals surface area contributed by atoms with Crippen molar-refractivity contribution in [3.8, 4) is 0 Å². The number of carbonyl (C=O) groups excluding carboxylic acids is 1. The summed E-state index contributed by atoms with van der Waals surface area (Å²) in [6, 6.07) is 6.32. The number of nitrogens with zero attached hydrogens (tertiary/aromatic N) is 2. The molecule has 0 radical (unpaired) electrons. The minimum absolute atomic E-state index is 0.0662. The van der Waals surface area contributed by atoms with Crippen molar-refractivity contribution in [1.82, 2.24) is 8.87 Å². The van der Waals surface area contributed by atoms with Crippen LogP contribution in [-0.4, -0.2) is 49.6 Å². The second-order valence-electron chi connectivity index (χ2n) is 6.05. The average molecular weight is 412 g/mol. The Balaban J connectivity index is 1.65. The first-order valence-corrected chi connectivity index (χ1v) is 10.7. The molecular formula is C17H20N2O6S2. The number of hydrogen-bond donors (Lipinski definition) is 0. The van der Waals surface area contributed by atoms with Crippen LogP contribution in [-0.2, 0) is 37.4 Å². The number of esters is 1. The summed E-state index contributed by atoms with van der Waals surface area (Å²) in [5.41, 5.74) is 1.26. The number of aryl methyl sites for hydroxylation is 1. The van der Waals surface area contributed by atoms with Crippen LogP contribution in [0.25, 0.3) is 0 Å².